The van der Waals surface area contributed by atoms with Gasteiger partial charge in [-0.15, -0.1) is 0 Å². The molecule has 0 saturated heterocycles. The Morgan fingerprint density at radius 1 is 1.11 bits per heavy atom. The first kappa shape index (κ1) is 16.7. The summed E-state index contributed by atoms with van der Waals surface area (Å²) in [5, 5.41) is 8.65. The van der Waals surface area contributed by atoms with Crippen molar-refractivity contribution >= 4 is 12.0 Å². The molecule has 0 fully saturated rings. The average Bonchev–Trinajstić information content (AvgIpc) is 2.32. The fourth-order valence-electron chi connectivity index (χ4n) is 1.42. The van der Waals surface area contributed by atoms with Crippen LogP contribution in [-0.2, 0) is 14.3 Å². The first-order valence-electron chi connectivity index (χ1n) is 5.72. The zero-order valence-electron chi connectivity index (χ0n) is 11.2. The van der Waals surface area contributed by atoms with E-state index in [1.807, 2.05) is 0 Å². The maximum atomic E-state index is 12.0. The van der Waals surface area contributed by atoms with Crippen molar-refractivity contribution in [1.82, 2.24) is 9.80 Å². The lowest BCUT2D eigenvalue weighted by atomic mass is 10.4. The van der Waals surface area contributed by atoms with Gasteiger partial charge in [-0.3, -0.25) is 4.79 Å². The van der Waals surface area contributed by atoms with Crippen LogP contribution >= 0.6 is 0 Å². The molecule has 0 aliphatic rings. The quantitative estimate of drug-likeness (QED) is 0.596. The van der Waals surface area contributed by atoms with Gasteiger partial charge < -0.3 is 24.4 Å². The van der Waals surface area contributed by atoms with Gasteiger partial charge in [0.25, 0.3) is 0 Å². The number of nitrogens with zero attached hydrogens (tertiary/aromatic N) is 2. The molecule has 106 valence electrons. The van der Waals surface area contributed by atoms with Gasteiger partial charge in [0.2, 0.25) is 0 Å². The SMILES string of the molecule is COCCCN(CCOC)C(=O)N(C)CC(=O)O. The van der Waals surface area contributed by atoms with Gasteiger partial charge in [0.15, 0.2) is 0 Å². The Labute approximate surface area is 107 Å². The Bertz CT molecular complexity index is 260. The largest absolute Gasteiger partial charge is 0.480 e. The highest BCUT2D eigenvalue weighted by Crippen LogP contribution is 1.99. The van der Waals surface area contributed by atoms with Gasteiger partial charge in [0.1, 0.15) is 6.54 Å². The molecule has 0 unspecified atom stereocenters. The fourth-order valence-corrected chi connectivity index (χ4v) is 1.42. The monoisotopic (exact) mass is 262 g/mol. The third kappa shape index (κ3) is 7.08. The molecule has 0 radical (unpaired) electrons. The summed E-state index contributed by atoms with van der Waals surface area (Å²) in [7, 11) is 4.61. The number of likely N-dealkylation sites (N-methyl/N-ethyl adjacent to an activating group) is 1. The molecule has 0 bridgehead atoms. The van der Waals surface area contributed by atoms with Crippen molar-refractivity contribution in [3.63, 3.8) is 0 Å². The predicted octanol–water partition coefficient (Wildman–Crippen LogP) is 0.108. The Balaban J connectivity index is 4.32. The number of hydrogen-bond acceptors (Lipinski definition) is 4. The van der Waals surface area contributed by atoms with Crippen LogP contribution in [0.1, 0.15) is 6.42 Å². The molecule has 0 rings (SSSR count). The molecule has 1 N–H and O–H groups in total. The van der Waals surface area contributed by atoms with Crippen LogP contribution in [0.3, 0.4) is 0 Å². The molecule has 0 aliphatic carbocycles. The van der Waals surface area contributed by atoms with E-state index >= 15 is 0 Å². The first-order chi connectivity index (χ1) is 8.52. The van der Waals surface area contributed by atoms with Gasteiger partial charge >= 0.3 is 12.0 Å². The topological polar surface area (TPSA) is 79.3 Å². The summed E-state index contributed by atoms with van der Waals surface area (Å²) in [5.41, 5.74) is 0. The Morgan fingerprint density at radius 3 is 2.22 bits per heavy atom. The number of ether oxygens (including phenoxy) is 2. The Kier molecular flexibility index (Phi) is 8.95. The molecular weight excluding hydrogens is 240 g/mol. The van der Waals surface area contributed by atoms with Crippen LogP contribution in [0.25, 0.3) is 0 Å². The van der Waals surface area contributed by atoms with E-state index in [0.29, 0.717) is 32.7 Å². The lowest BCUT2D eigenvalue weighted by Crippen LogP contribution is -2.45. The van der Waals surface area contributed by atoms with E-state index < -0.39 is 5.97 Å². The summed E-state index contributed by atoms with van der Waals surface area (Å²) in [4.78, 5) is 25.3. The predicted molar refractivity (Wildman–Crippen MR) is 65.6 cm³/mol. The number of carbonyl (C=O) groups is 2. The van der Waals surface area contributed by atoms with E-state index in [4.69, 9.17) is 14.6 Å². The zero-order chi connectivity index (χ0) is 14.0. The van der Waals surface area contributed by atoms with Crippen LogP contribution in [0.5, 0.6) is 0 Å². The second kappa shape index (κ2) is 9.67. The first-order valence-corrected chi connectivity index (χ1v) is 5.72. The minimum Gasteiger partial charge on any atom is -0.480 e. The summed E-state index contributed by atoms with van der Waals surface area (Å²) >= 11 is 0. The highest BCUT2D eigenvalue weighted by molar-refractivity contribution is 5.79. The van der Waals surface area contributed by atoms with Gasteiger partial charge in [-0.25, -0.2) is 4.79 Å². The van der Waals surface area contributed by atoms with E-state index in [-0.39, 0.29) is 12.6 Å². The smallest absolute Gasteiger partial charge is 0.323 e. The molecule has 0 saturated carbocycles. The third-order valence-electron chi connectivity index (χ3n) is 2.31. The number of hydrogen-bond donors (Lipinski definition) is 1. The van der Waals surface area contributed by atoms with Gasteiger partial charge in [-0.2, -0.15) is 0 Å². The van der Waals surface area contributed by atoms with Gasteiger partial charge in [-0.05, 0) is 6.42 Å². The summed E-state index contributed by atoms with van der Waals surface area (Å²) in [6, 6.07) is -0.314. The van der Waals surface area contributed by atoms with Gasteiger partial charge in [0.05, 0.1) is 6.61 Å². The number of urea groups is 1. The molecule has 0 aromatic rings. The number of methoxy groups -OCH3 is 2. The van der Waals surface area contributed by atoms with Crippen molar-refractivity contribution < 1.29 is 24.2 Å². The highest BCUT2D eigenvalue weighted by Gasteiger charge is 2.19. The van der Waals surface area contributed by atoms with E-state index in [2.05, 4.69) is 0 Å². The Morgan fingerprint density at radius 2 is 1.72 bits per heavy atom. The van der Waals surface area contributed by atoms with Crippen molar-refractivity contribution in [2.75, 3.05) is 54.1 Å². The van der Waals surface area contributed by atoms with Gasteiger partial charge in [0, 0.05) is 41.0 Å². The van der Waals surface area contributed by atoms with Crippen molar-refractivity contribution in [2.45, 2.75) is 6.42 Å². The summed E-state index contributed by atoms with van der Waals surface area (Å²) in [5.74, 6) is -1.03. The fraction of sp³-hybridized carbons (Fsp3) is 0.818. The number of carbonyl (C=O) groups excluding carboxylic acids is 1. The van der Waals surface area contributed by atoms with Crippen LogP contribution in [0.2, 0.25) is 0 Å². The van der Waals surface area contributed by atoms with Crippen LogP contribution in [0.15, 0.2) is 0 Å². The summed E-state index contributed by atoms with van der Waals surface area (Å²) in [6.45, 7) is 1.61. The van der Waals surface area contributed by atoms with E-state index in [1.54, 1.807) is 19.1 Å². The van der Waals surface area contributed by atoms with Crippen molar-refractivity contribution in [3.8, 4) is 0 Å². The molecular formula is C11H22N2O5. The molecule has 0 aliphatic heterocycles. The standard InChI is InChI=1S/C11H22N2O5/c1-12(9-10(14)15)11(16)13(6-8-18-3)5-4-7-17-2/h4-9H2,1-3H3,(H,14,15). The number of aliphatic carboxylic acids is 1. The van der Waals surface area contributed by atoms with E-state index in [1.165, 1.54) is 11.9 Å². The minimum atomic E-state index is -1.03. The molecule has 18 heavy (non-hydrogen) atoms. The molecule has 0 heterocycles. The van der Waals surface area contributed by atoms with E-state index in [0.717, 1.165) is 0 Å². The van der Waals surface area contributed by atoms with Crippen LogP contribution in [0, 0.1) is 0 Å². The molecule has 0 aromatic heterocycles. The molecule has 7 heteroatoms. The molecule has 0 atom stereocenters. The molecule has 7 nitrogen and oxygen atoms in total. The Hall–Kier alpha value is -1.34. The average molecular weight is 262 g/mol. The number of amides is 2. The third-order valence-corrected chi connectivity index (χ3v) is 2.31. The number of rotatable bonds is 9. The van der Waals surface area contributed by atoms with Crippen LogP contribution < -0.4 is 0 Å². The maximum absolute atomic E-state index is 12.0. The molecule has 0 spiro atoms. The van der Waals surface area contributed by atoms with Gasteiger partial charge in [-0.1, -0.05) is 0 Å². The van der Waals surface area contributed by atoms with Crippen molar-refractivity contribution in [3.05, 3.63) is 0 Å². The zero-order valence-corrected chi connectivity index (χ0v) is 11.2. The normalized spacial score (nSPS) is 10.2. The molecule has 2 amide bonds. The molecule has 0 aromatic carbocycles. The highest BCUT2D eigenvalue weighted by atomic mass is 16.5. The van der Waals surface area contributed by atoms with E-state index in [9.17, 15) is 9.59 Å². The summed E-state index contributed by atoms with van der Waals surface area (Å²) in [6.07, 6.45) is 0.701. The van der Waals surface area contributed by atoms with Crippen LogP contribution in [-0.4, -0.2) is 81.0 Å². The van der Waals surface area contributed by atoms with Crippen molar-refractivity contribution in [2.24, 2.45) is 0 Å². The van der Waals surface area contributed by atoms with Crippen LogP contribution in [0.4, 0.5) is 4.79 Å². The maximum Gasteiger partial charge on any atom is 0.323 e. The lowest BCUT2D eigenvalue weighted by molar-refractivity contribution is -0.137. The van der Waals surface area contributed by atoms with Crippen molar-refractivity contribution in [1.29, 1.82) is 0 Å². The lowest BCUT2D eigenvalue weighted by Gasteiger charge is -2.27. The minimum absolute atomic E-state index is 0.313. The number of carboxylic acids is 1. The number of carboxylic acid groups (broad SMARTS) is 1. The summed E-state index contributed by atoms with van der Waals surface area (Å²) < 4.78 is 9.85. The second-order valence-corrected chi connectivity index (χ2v) is 3.86. The second-order valence-electron chi connectivity index (χ2n) is 3.86.